The van der Waals surface area contributed by atoms with Crippen molar-refractivity contribution >= 4 is 11.6 Å². The summed E-state index contributed by atoms with van der Waals surface area (Å²) < 4.78 is 18.8. The van der Waals surface area contributed by atoms with Gasteiger partial charge in [-0.3, -0.25) is 4.79 Å². The number of carbonyl (C=O) groups excluding carboxylic acids is 1. The lowest BCUT2D eigenvalue weighted by molar-refractivity contribution is 0.102. The Balaban J connectivity index is 2.23. The number of rotatable bonds is 4. The largest absolute Gasteiger partial charge is 0.493 e. The van der Waals surface area contributed by atoms with Gasteiger partial charge < -0.3 is 10.1 Å². The highest BCUT2D eigenvalue weighted by Gasteiger charge is 2.13. The van der Waals surface area contributed by atoms with E-state index in [4.69, 9.17) is 4.74 Å². The van der Waals surface area contributed by atoms with E-state index in [-0.39, 0.29) is 5.69 Å². The molecular formula is C15H14FNO2. The van der Waals surface area contributed by atoms with Crippen LogP contribution >= 0.6 is 0 Å². The molecule has 98 valence electrons. The van der Waals surface area contributed by atoms with Gasteiger partial charge in [-0.1, -0.05) is 24.3 Å². The van der Waals surface area contributed by atoms with Crippen LogP contribution in [0.5, 0.6) is 5.75 Å². The molecule has 0 atom stereocenters. The minimum atomic E-state index is -0.468. The molecule has 0 spiro atoms. The second-order valence-corrected chi connectivity index (χ2v) is 3.86. The fourth-order valence-corrected chi connectivity index (χ4v) is 1.69. The first kappa shape index (κ1) is 13.1. The topological polar surface area (TPSA) is 38.3 Å². The fraction of sp³-hybridized carbons (Fsp3) is 0.133. The molecule has 0 unspecified atom stereocenters. The Morgan fingerprint density at radius 1 is 1.16 bits per heavy atom. The van der Waals surface area contributed by atoms with Crippen molar-refractivity contribution in [3.63, 3.8) is 0 Å². The van der Waals surface area contributed by atoms with E-state index < -0.39 is 11.7 Å². The van der Waals surface area contributed by atoms with Crippen LogP contribution in [0.15, 0.2) is 48.5 Å². The molecule has 0 aromatic heterocycles. The molecule has 3 nitrogen and oxygen atoms in total. The quantitative estimate of drug-likeness (QED) is 0.912. The Bertz CT molecular complexity index is 584. The number of hydrogen-bond donors (Lipinski definition) is 1. The molecule has 2 rings (SSSR count). The first-order chi connectivity index (χ1) is 9.22. The standard InChI is InChI=1S/C15H14FNO2/c1-2-19-14-10-6-3-7-11(14)15(18)17-13-9-5-4-8-12(13)16/h3-10H,2H2,1H3,(H,17,18). The fourth-order valence-electron chi connectivity index (χ4n) is 1.69. The zero-order chi connectivity index (χ0) is 13.7. The summed E-state index contributed by atoms with van der Waals surface area (Å²) in [5, 5.41) is 2.53. The zero-order valence-electron chi connectivity index (χ0n) is 10.5. The number of carbonyl (C=O) groups is 1. The molecule has 0 saturated carbocycles. The summed E-state index contributed by atoms with van der Waals surface area (Å²) in [5.41, 5.74) is 0.534. The van der Waals surface area contributed by atoms with Gasteiger partial charge in [-0.25, -0.2) is 4.39 Å². The van der Waals surface area contributed by atoms with Crippen molar-refractivity contribution in [2.45, 2.75) is 6.92 Å². The molecular weight excluding hydrogens is 245 g/mol. The van der Waals surface area contributed by atoms with E-state index in [0.717, 1.165) is 0 Å². The highest BCUT2D eigenvalue weighted by Crippen LogP contribution is 2.20. The average molecular weight is 259 g/mol. The van der Waals surface area contributed by atoms with Gasteiger partial charge in [0, 0.05) is 0 Å². The molecule has 0 aliphatic rings. The number of ether oxygens (including phenoxy) is 1. The van der Waals surface area contributed by atoms with Crippen LogP contribution in [0.2, 0.25) is 0 Å². The second-order valence-electron chi connectivity index (χ2n) is 3.86. The predicted molar refractivity (Wildman–Crippen MR) is 72.0 cm³/mol. The van der Waals surface area contributed by atoms with E-state index in [1.54, 1.807) is 36.4 Å². The van der Waals surface area contributed by atoms with Crippen LogP contribution < -0.4 is 10.1 Å². The van der Waals surface area contributed by atoms with Crippen molar-refractivity contribution in [3.8, 4) is 5.75 Å². The third-order valence-corrected chi connectivity index (χ3v) is 2.55. The number of para-hydroxylation sites is 2. The van der Waals surface area contributed by atoms with Crippen LogP contribution in [0.1, 0.15) is 17.3 Å². The zero-order valence-corrected chi connectivity index (χ0v) is 10.5. The van der Waals surface area contributed by atoms with Crippen molar-refractivity contribution in [1.82, 2.24) is 0 Å². The maximum absolute atomic E-state index is 13.5. The Labute approximate surface area is 111 Å². The van der Waals surface area contributed by atoms with Crippen LogP contribution in [0, 0.1) is 5.82 Å². The molecule has 0 radical (unpaired) electrons. The first-order valence-electron chi connectivity index (χ1n) is 6.00. The van der Waals surface area contributed by atoms with Crippen molar-refractivity contribution in [1.29, 1.82) is 0 Å². The predicted octanol–water partition coefficient (Wildman–Crippen LogP) is 3.48. The summed E-state index contributed by atoms with van der Waals surface area (Å²) in [6, 6.07) is 12.9. The van der Waals surface area contributed by atoms with Crippen LogP contribution in [0.3, 0.4) is 0 Å². The smallest absolute Gasteiger partial charge is 0.259 e. The van der Waals surface area contributed by atoms with E-state index in [0.29, 0.717) is 17.9 Å². The first-order valence-corrected chi connectivity index (χ1v) is 6.00. The summed E-state index contributed by atoms with van der Waals surface area (Å²) >= 11 is 0. The summed E-state index contributed by atoms with van der Waals surface area (Å²) in [4.78, 5) is 12.1. The van der Waals surface area contributed by atoms with Crippen LogP contribution in [-0.4, -0.2) is 12.5 Å². The molecule has 0 aliphatic carbocycles. The summed E-state index contributed by atoms with van der Waals surface area (Å²) in [7, 11) is 0. The Hall–Kier alpha value is -2.36. The molecule has 0 bridgehead atoms. The summed E-state index contributed by atoms with van der Waals surface area (Å²) in [6.07, 6.45) is 0. The number of hydrogen-bond acceptors (Lipinski definition) is 2. The highest BCUT2D eigenvalue weighted by atomic mass is 19.1. The van der Waals surface area contributed by atoms with E-state index in [1.807, 2.05) is 6.92 Å². The molecule has 2 aromatic carbocycles. The van der Waals surface area contributed by atoms with Crippen molar-refractivity contribution in [3.05, 3.63) is 59.9 Å². The van der Waals surface area contributed by atoms with Gasteiger partial charge in [0.1, 0.15) is 11.6 Å². The van der Waals surface area contributed by atoms with Crippen molar-refractivity contribution in [2.24, 2.45) is 0 Å². The van der Waals surface area contributed by atoms with Crippen molar-refractivity contribution in [2.75, 3.05) is 11.9 Å². The normalized spacial score (nSPS) is 10.0. The molecule has 19 heavy (non-hydrogen) atoms. The van der Waals surface area contributed by atoms with Gasteiger partial charge in [-0.15, -0.1) is 0 Å². The van der Waals surface area contributed by atoms with Crippen LogP contribution in [0.25, 0.3) is 0 Å². The monoisotopic (exact) mass is 259 g/mol. The lowest BCUT2D eigenvalue weighted by atomic mass is 10.2. The molecule has 1 N–H and O–H groups in total. The van der Waals surface area contributed by atoms with Crippen molar-refractivity contribution < 1.29 is 13.9 Å². The van der Waals surface area contributed by atoms with Crippen LogP contribution in [0.4, 0.5) is 10.1 Å². The van der Waals surface area contributed by atoms with Gasteiger partial charge in [0.15, 0.2) is 0 Å². The minimum Gasteiger partial charge on any atom is -0.493 e. The Morgan fingerprint density at radius 2 is 1.84 bits per heavy atom. The summed E-state index contributed by atoms with van der Waals surface area (Å²) in [6.45, 7) is 2.30. The maximum atomic E-state index is 13.5. The van der Waals surface area contributed by atoms with E-state index >= 15 is 0 Å². The SMILES string of the molecule is CCOc1ccccc1C(=O)Nc1ccccc1F. The van der Waals surface area contributed by atoms with Gasteiger partial charge in [-0.05, 0) is 31.2 Å². The molecule has 0 fully saturated rings. The number of amides is 1. The minimum absolute atomic E-state index is 0.152. The number of benzene rings is 2. The van der Waals surface area contributed by atoms with Gasteiger partial charge in [0.2, 0.25) is 0 Å². The molecule has 0 aliphatic heterocycles. The Kier molecular flexibility index (Phi) is 4.13. The summed E-state index contributed by atoms with van der Waals surface area (Å²) in [5.74, 6) is -0.377. The van der Waals surface area contributed by atoms with Crippen LogP contribution in [-0.2, 0) is 0 Å². The van der Waals surface area contributed by atoms with E-state index in [1.165, 1.54) is 12.1 Å². The van der Waals surface area contributed by atoms with Gasteiger partial charge in [0.25, 0.3) is 5.91 Å². The van der Waals surface area contributed by atoms with Gasteiger partial charge >= 0.3 is 0 Å². The molecule has 1 amide bonds. The van der Waals surface area contributed by atoms with Gasteiger partial charge in [0.05, 0.1) is 17.9 Å². The maximum Gasteiger partial charge on any atom is 0.259 e. The highest BCUT2D eigenvalue weighted by molar-refractivity contribution is 6.06. The number of halogens is 1. The van der Waals surface area contributed by atoms with E-state index in [9.17, 15) is 9.18 Å². The van der Waals surface area contributed by atoms with Gasteiger partial charge in [-0.2, -0.15) is 0 Å². The molecule has 2 aromatic rings. The average Bonchev–Trinajstić information content (AvgIpc) is 2.42. The number of anilines is 1. The third-order valence-electron chi connectivity index (χ3n) is 2.55. The number of nitrogens with one attached hydrogen (secondary N) is 1. The molecule has 4 heteroatoms. The molecule has 0 heterocycles. The van der Waals surface area contributed by atoms with E-state index in [2.05, 4.69) is 5.32 Å². The Morgan fingerprint density at radius 3 is 2.58 bits per heavy atom. The lowest BCUT2D eigenvalue weighted by Crippen LogP contribution is -2.14. The lowest BCUT2D eigenvalue weighted by Gasteiger charge is -2.10. The second kappa shape index (κ2) is 6.00. The molecule has 0 saturated heterocycles. The third kappa shape index (κ3) is 3.10.